The Morgan fingerprint density at radius 3 is 2.47 bits per heavy atom. The first kappa shape index (κ1) is 23.5. The van der Waals surface area contributed by atoms with Crippen molar-refractivity contribution in [2.75, 3.05) is 38.2 Å². The Bertz CT molecular complexity index is 981. The summed E-state index contributed by atoms with van der Waals surface area (Å²) in [7, 11) is 1.36. The number of hydrogen-bond acceptors (Lipinski definition) is 7. The molecular formula is C24H29N3O4S. The Morgan fingerprint density at radius 2 is 1.84 bits per heavy atom. The van der Waals surface area contributed by atoms with E-state index in [2.05, 4.69) is 14.6 Å². The number of piperazine rings is 1. The second kappa shape index (κ2) is 10.5. The number of esters is 1. The average molecular weight is 456 g/mol. The molecule has 0 radical (unpaired) electrons. The van der Waals surface area contributed by atoms with Crippen LogP contribution in [0, 0.1) is 0 Å². The number of amides is 1. The largest absolute Gasteiger partial charge is 0.466 e. The van der Waals surface area contributed by atoms with E-state index in [-0.39, 0.29) is 12.1 Å². The minimum atomic E-state index is -0.480. The second-order valence-corrected chi connectivity index (χ2v) is 9.31. The van der Waals surface area contributed by atoms with Gasteiger partial charge in [-0.05, 0) is 62.1 Å². The van der Waals surface area contributed by atoms with Gasteiger partial charge in [0, 0.05) is 37.1 Å². The molecule has 0 N–H and O–H groups in total. The summed E-state index contributed by atoms with van der Waals surface area (Å²) >= 11 is 1.55. The van der Waals surface area contributed by atoms with Gasteiger partial charge >= 0.3 is 12.1 Å². The molecular weight excluding hydrogens is 426 g/mol. The normalized spacial score (nSPS) is 14.9. The van der Waals surface area contributed by atoms with Crippen molar-refractivity contribution >= 4 is 47.3 Å². The summed E-state index contributed by atoms with van der Waals surface area (Å²) in [5.41, 5.74) is 2.46. The van der Waals surface area contributed by atoms with E-state index >= 15 is 0 Å². The highest BCUT2D eigenvalue weighted by Gasteiger charge is 2.25. The Balaban J connectivity index is 1.53. The van der Waals surface area contributed by atoms with Gasteiger partial charge in [-0.2, -0.15) is 0 Å². The zero-order valence-corrected chi connectivity index (χ0v) is 19.7. The molecule has 3 rings (SSSR count). The SMILES string of the molecule is COC(=O)/C=C/c1cc(/C=C/c2ccc(N3CCN(C(=O)OC(C)(C)C)CC3)cn2)cs1. The van der Waals surface area contributed by atoms with Gasteiger partial charge in [-0.25, -0.2) is 9.59 Å². The topological polar surface area (TPSA) is 72.0 Å². The number of carbonyl (C=O) groups excluding carboxylic acids is 2. The number of nitrogens with zero attached hydrogens (tertiary/aromatic N) is 3. The number of rotatable bonds is 5. The summed E-state index contributed by atoms with van der Waals surface area (Å²) in [6, 6.07) is 6.03. The standard InChI is InChI=1S/C24H29N3O4S/c1-24(2,3)31-23(29)27-13-11-26(12-14-27)20-8-7-19(25-16-20)6-5-18-15-21(32-17-18)9-10-22(28)30-4/h5-10,15-17H,11-14H2,1-4H3/b6-5+,10-9+. The van der Waals surface area contributed by atoms with Crippen molar-refractivity contribution in [3.63, 3.8) is 0 Å². The van der Waals surface area contributed by atoms with Crippen LogP contribution >= 0.6 is 11.3 Å². The van der Waals surface area contributed by atoms with Gasteiger partial charge < -0.3 is 19.3 Å². The van der Waals surface area contributed by atoms with Crippen molar-refractivity contribution in [2.24, 2.45) is 0 Å². The fraction of sp³-hybridized carbons (Fsp3) is 0.375. The zero-order valence-electron chi connectivity index (χ0n) is 18.9. The lowest BCUT2D eigenvalue weighted by atomic mass is 10.2. The molecule has 170 valence electrons. The van der Waals surface area contributed by atoms with Crippen LogP contribution in [0.25, 0.3) is 18.2 Å². The highest BCUT2D eigenvalue weighted by molar-refractivity contribution is 7.11. The maximum absolute atomic E-state index is 12.2. The van der Waals surface area contributed by atoms with Gasteiger partial charge in [-0.3, -0.25) is 4.98 Å². The molecule has 7 nitrogen and oxygen atoms in total. The molecule has 1 aliphatic heterocycles. The molecule has 0 bridgehead atoms. The van der Waals surface area contributed by atoms with Crippen molar-refractivity contribution in [3.8, 4) is 0 Å². The Morgan fingerprint density at radius 1 is 1.09 bits per heavy atom. The highest BCUT2D eigenvalue weighted by atomic mass is 32.1. The molecule has 1 saturated heterocycles. The fourth-order valence-electron chi connectivity index (χ4n) is 3.10. The smallest absolute Gasteiger partial charge is 0.410 e. The van der Waals surface area contributed by atoms with E-state index in [1.54, 1.807) is 22.3 Å². The molecule has 0 saturated carbocycles. The molecule has 2 aromatic rings. The lowest BCUT2D eigenvalue weighted by Crippen LogP contribution is -2.50. The van der Waals surface area contributed by atoms with Gasteiger partial charge in [0.2, 0.25) is 0 Å². The Hall–Kier alpha value is -3.13. The van der Waals surface area contributed by atoms with Crippen molar-refractivity contribution < 1.29 is 19.1 Å². The van der Waals surface area contributed by atoms with E-state index < -0.39 is 5.60 Å². The third kappa shape index (κ3) is 6.95. The minimum absolute atomic E-state index is 0.256. The lowest BCUT2D eigenvalue weighted by Gasteiger charge is -2.36. The van der Waals surface area contributed by atoms with E-state index in [1.165, 1.54) is 13.2 Å². The molecule has 0 aliphatic carbocycles. The number of hydrogen-bond donors (Lipinski definition) is 0. The van der Waals surface area contributed by atoms with Crippen molar-refractivity contribution in [1.29, 1.82) is 0 Å². The summed E-state index contributed by atoms with van der Waals surface area (Å²) in [5, 5.41) is 2.02. The van der Waals surface area contributed by atoms with Crippen LogP contribution < -0.4 is 4.90 Å². The Labute approximate surface area is 193 Å². The first-order chi connectivity index (χ1) is 15.2. The van der Waals surface area contributed by atoms with Gasteiger partial charge in [0.1, 0.15) is 5.60 Å². The van der Waals surface area contributed by atoms with Crippen LogP contribution in [0.1, 0.15) is 36.9 Å². The summed E-state index contributed by atoms with van der Waals surface area (Å²) in [6.07, 6.45) is 8.71. The molecule has 0 aromatic carbocycles. The summed E-state index contributed by atoms with van der Waals surface area (Å²) < 4.78 is 10.1. The van der Waals surface area contributed by atoms with E-state index in [1.807, 2.05) is 62.7 Å². The Kier molecular flexibility index (Phi) is 7.69. The number of pyridine rings is 1. The van der Waals surface area contributed by atoms with Crippen LogP contribution in [-0.4, -0.2) is 60.8 Å². The van der Waals surface area contributed by atoms with E-state index in [0.717, 1.165) is 34.9 Å². The van der Waals surface area contributed by atoms with Crippen LogP contribution in [0.4, 0.5) is 10.5 Å². The second-order valence-electron chi connectivity index (χ2n) is 8.37. The number of methoxy groups -OCH3 is 1. The summed E-state index contributed by atoms with van der Waals surface area (Å²) in [4.78, 5) is 32.9. The van der Waals surface area contributed by atoms with Crippen molar-refractivity contribution in [1.82, 2.24) is 9.88 Å². The predicted octanol–water partition coefficient (Wildman–Crippen LogP) is 4.56. The number of carbonyl (C=O) groups is 2. The van der Waals surface area contributed by atoms with Crippen molar-refractivity contribution in [3.05, 3.63) is 52.0 Å². The molecule has 0 atom stereocenters. The molecule has 1 aliphatic rings. The highest BCUT2D eigenvalue weighted by Crippen LogP contribution is 2.20. The van der Waals surface area contributed by atoms with Crippen molar-refractivity contribution in [2.45, 2.75) is 26.4 Å². The van der Waals surface area contributed by atoms with Gasteiger partial charge in [-0.1, -0.05) is 6.08 Å². The van der Waals surface area contributed by atoms with Crippen LogP contribution in [0.5, 0.6) is 0 Å². The molecule has 1 amide bonds. The van der Waals surface area contributed by atoms with Gasteiger partial charge in [0.25, 0.3) is 0 Å². The first-order valence-electron chi connectivity index (χ1n) is 10.4. The predicted molar refractivity (Wildman–Crippen MR) is 129 cm³/mol. The van der Waals surface area contributed by atoms with E-state index in [4.69, 9.17) is 4.74 Å². The molecule has 0 unspecified atom stereocenters. The third-order valence-electron chi connectivity index (χ3n) is 4.74. The number of thiophene rings is 1. The minimum Gasteiger partial charge on any atom is -0.466 e. The molecule has 2 aromatic heterocycles. The first-order valence-corrected chi connectivity index (χ1v) is 11.3. The van der Waals surface area contributed by atoms with Crippen LogP contribution in [-0.2, 0) is 14.3 Å². The maximum atomic E-state index is 12.2. The molecule has 32 heavy (non-hydrogen) atoms. The van der Waals surface area contributed by atoms with Crippen LogP contribution in [0.15, 0.2) is 35.9 Å². The number of anilines is 1. The zero-order chi connectivity index (χ0) is 23.1. The van der Waals surface area contributed by atoms with Gasteiger partial charge in [0.15, 0.2) is 0 Å². The van der Waals surface area contributed by atoms with E-state index in [0.29, 0.717) is 13.1 Å². The average Bonchev–Trinajstić information content (AvgIpc) is 3.23. The fourth-order valence-corrected chi connectivity index (χ4v) is 3.87. The number of ether oxygens (including phenoxy) is 2. The summed E-state index contributed by atoms with van der Waals surface area (Å²) in [5.74, 6) is -0.369. The summed E-state index contributed by atoms with van der Waals surface area (Å²) in [6.45, 7) is 8.37. The molecule has 0 spiro atoms. The van der Waals surface area contributed by atoms with Gasteiger partial charge in [0.05, 0.1) is 24.7 Å². The monoisotopic (exact) mass is 455 g/mol. The number of aromatic nitrogens is 1. The van der Waals surface area contributed by atoms with Crippen LogP contribution in [0.3, 0.4) is 0 Å². The lowest BCUT2D eigenvalue weighted by molar-refractivity contribution is -0.134. The van der Waals surface area contributed by atoms with Gasteiger partial charge in [-0.15, -0.1) is 11.3 Å². The molecule has 3 heterocycles. The quantitative estimate of drug-likeness (QED) is 0.486. The maximum Gasteiger partial charge on any atom is 0.410 e. The third-order valence-corrected chi connectivity index (χ3v) is 5.65. The van der Waals surface area contributed by atoms with E-state index in [9.17, 15) is 9.59 Å². The van der Waals surface area contributed by atoms with Crippen LogP contribution in [0.2, 0.25) is 0 Å². The molecule has 1 fully saturated rings. The molecule has 8 heteroatoms.